The first-order chi connectivity index (χ1) is 17.2. The number of fused-ring (bicyclic) bond motifs is 3. The number of alkyl halides is 3. The molecule has 0 radical (unpaired) electrons. The highest BCUT2D eigenvalue weighted by Gasteiger charge is 2.36. The van der Waals surface area contributed by atoms with Gasteiger partial charge in [0.15, 0.2) is 4.96 Å². The van der Waals surface area contributed by atoms with Crippen molar-refractivity contribution >= 4 is 74.1 Å². The first-order valence-electron chi connectivity index (χ1n) is 10.8. The maximum Gasteiger partial charge on any atom is 0.274 e. The third kappa shape index (κ3) is 5.06. The van der Waals surface area contributed by atoms with Gasteiger partial charge in [0.25, 0.3) is 11.5 Å². The quantitative estimate of drug-likeness (QED) is 0.236. The van der Waals surface area contributed by atoms with Crippen LogP contribution in [0, 0.1) is 6.92 Å². The number of nitrogens with one attached hydrogen (secondary N) is 1. The molecule has 5 rings (SSSR count). The number of hydrogen-bond donors (Lipinski definition) is 1. The van der Waals surface area contributed by atoms with Crippen molar-refractivity contribution in [2.24, 2.45) is 0 Å². The summed E-state index contributed by atoms with van der Waals surface area (Å²) < 4.78 is 6.05. The minimum Gasteiger partial charge on any atom is -0.466 e. The summed E-state index contributed by atoms with van der Waals surface area (Å²) in [6.45, 7) is 1.92. The fourth-order valence-corrected chi connectivity index (χ4v) is 4.91. The monoisotopic (exact) mass is 557 g/mol. The molecular formula is C26H18Cl3N3O3S. The van der Waals surface area contributed by atoms with Gasteiger partial charge in [-0.15, -0.1) is 0 Å². The average molecular weight is 559 g/mol. The number of ether oxygens (including phenoxy) is 1. The normalized spacial score (nSPS) is 13.3. The Kier molecular flexibility index (Phi) is 6.66. The molecule has 0 saturated carbocycles. The molecule has 0 aliphatic rings. The molecule has 3 aromatic carbocycles. The number of rotatable bonds is 5. The van der Waals surface area contributed by atoms with Gasteiger partial charge in [-0.3, -0.25) is 9.59 Å². The Morgan fingerprint density at radius 3 is 2.44 bits per heavy atom. The first-order valence-corrected chi connectivity index (χ1v) is 12.8. The summed E-state index contributed by atoms with van der Waals surface area (Å²) >= 11 is 19.5. The smallest absolute Gasteiger partial charge is 0.274 e. The van der Waals surface area contributed by atoms with E-state index in [-0.39, 0.29) is 5.56 Å². The van der Waals surface area contributed by atoms with Gasteiger partial charge in [-0.2, -0.15) is 0 Å². The zero-order valence-corrected chi connectivity index (χ0v) is 21.8. The van der Waals surface area contributed by atoms with Crippen LogP contribution < -0.4 is 20.1 Å². The van der Waals surface area contributed by atoms with Gasteiger partial charge in [-0.1, -0.05) is 88.1 Å². The first kappa shape index (κ1) is 24.6. The van der Waals surface area contributed by atoms with Crippen LogP contribution in [0.25, 0.3) is 22.1 Å². The molecule has 0 fully saturated rings. The fraction of sp³-hybridized carbons (Fsp3) is 0.115. The van der Waals surface area contributed by atoms with Crippen LogP contribution in [0.4, 0.5) is 0 Å². The number of thiazole rings is 1. The number of aryl methyl sites for hydroxylation is 1. The van der Waals surface area contributed by atoms with Crippen LogP contribution >= 0.6 is 46.1 Å². The van der Waals surface area contributed by atoms with Crippen LogP contribution in [0.15, 0.2) is 77.6 Å². The summed E-state index contributed by atoms with van der Waals surface area (Å²) in [6, 6.07) is 21.4. The molecule has 5 aromatic rings. The summed E-state index contributed by atoms with van der Waals surface area (Å²) in [5, 5.41) is 2.62. The summed E-state index contributed by atoms with van der Waals surface area (Å²) in [5.74, 6) is -0.0588. The molecule has 182 valence electrons. The summed E-state index contributed by atoms with van der Waals surface area (Å²) in [4.78, 5) is 30.7. The zero-order valence-electron chi connectivity index (χ0n) is 18.7. The molecule has 0 unspecified atom stereocenters. The van der Waals surface area contributed by atoms with Crippen LogP contribution in [-0.2, 0) is 0 Å². The topological polar surface area (TPSA) is 72.7 Å². The molecule has 1 N–H and O–H groups in total. The van der Waals surface area contributed by atoms with E-state index in [1.165, 1.54) is 11.3 Å². The predicted octanol–water partition coefficient (Wildman–Crippen LogP) is 5.27. The second-order valence-corrected chi connectivity index (χ2v) is 11.5. The van der Waals surface area contributed by atoms with Gasteiger partial charge in [-0.25, -0.2) is 9.38 Å². The van der Waals surface area contributed by atoms with E-state index >= 15 is 0 Å². The molecule has 0 saturated heterocycles. The molecule has 0 bridgehead atoms. The predicted molar refractivity (Wildman–Crippen MR) is 145 cm³/mol. The molecular weight excluding hydrogens is 541 g/mol. The van der Waals surface area contributed by atoms with Crippen molar-refractivity contribution < 1.29 is 9.53 Å². The van der Waals surface area contributed by atoms with Crippen molar-refractivity contribution in [3.8, 4) is 5.75 Å². The van der Waals surface area contributed by atoms with E-state index < -0.39 is 15.9 Å². The lowest BCUT2D eigenvalue weighted by Crippen LogP contribution is -2.47. The number of amides is 1. The molecule has 1 amide bonds. The van der Waals surface area contributed by atoms with Gasteiger partial charge in [0.2, 0.25) is 10.0 Å². The Labute approximate surface area is 224 Å². The van der Waals surface area contributed by atoms with Gasteiger partial charge >= 0.3 is 0 Å². The summed E-state index contributed by atoms with van der Waals surface area (Å²) in [7, 11) is 0. The van der Waals surface area contributed by atoms with Gasteiger partial charge < -0.3 is 10.1 Å². The molecule has 6 nitrogen and oxygen atoms in total. The highest BCUT2D eigenvalue weighted by Crippen LogP contribution is 2.32. The van der Waals surface area contributed by atoms with Crippen molar-refractivity contribution in [1.82, 2.24) is 14.7 Å². The number of aromatic nitrogens is 2. The lowest BCUT2D eigenvalue weighted by molar-refractivity contribution is 0.0833. The maximum atomic E-state index is 13.0. The van der Waals surface area contributed by atoms with Crippen molar-refractivity contribution in [1.29, 1.82) is 0 Å². The van der Waals surface area contributed by atoms with Crippen molar-refractivity contribution in [2.75, 3.05) is 0 Å². The van der Waals surface area contributed by atoms with Gasteiger partial charge in [0, 0.05) is 5.56 Å². The van der Waals surface area contributed by atoms with E-state index in [9.17, 15) is 9.59 Å². The second kappa shape index (κ2) is 9.75. The van der Waals surface area contributed by atoms with Crippen molar-refractivity contribution in [2.45, 2.75) is 16.9 Å². The van der Waals surface area contributed by atoms with Crippen LogP contribution in [0.2, 0.25) is 0 Å². The number of carbonyl (C=O) groups excluding carboxylic acids is 1. The standard InChI is InChI=1S/C26H18Cl3N3O3S/c1-15-6-10-17(11-7-15)22(33)31-24(26(27,28)29)35-18-12-8-16(9-13-18)14-21-23(34)32-20-5-3-2-4-19(20)30-25(32)36-21/h2-14,24H,1H3,(H,31,33)/b21-14-/t24-/m0/s1. The number of para-hydroxylation sites is 2. The maximum absolute atomic E-state index is 13.0. The van der Waals surface area contributed by atoms with Crippen LogP contribution in [0.1, 0.15) is 21.5 Å². The lowest BCUT2D eigenvalue weighted by Gasteiger charge is -2.26. The minimum atomic E-state index is -1.92. The van der Waals surface area contributed by atoms with Gasteiger partial charge in [-0.05, 0) is 55.0 Å². The lowest BCUT2D eigenvalue weighted by atomic mass is 10.1. The largest absolute Gasteiger partial charge is 0.466 e. The molecule has 2 heterocycles. The third-order valence-electron chi connectivity index (χ3n) is 5.45. The van der Waals surface area contributed by atoms with Gasteiger partial charge in [0.1, 0.15) is 5.75 Å². The SMILES string of the molecule is Cc1ccc(C(=O)N[C@@H](Oc2ccc(/C=c3\sc4nc5ccccc5n4c3=O)cc2)C(Cl)(Cl)Cl)cc1. The molecule has 36 heavy (non-hydrogen) atoms. The Morgan fingerprint density at radius 1 is 1.06 bits per heavy atom. The van der Waals surface area contributed by atoms with Crippen molar-refractivity contribution in [3.05, 3.63) is 104 Å². The van der Waals surface area contributed by atoms with Crippen LogP contribution in [-0.4, -0.2) is 25.3 Å². The number of carbonyl (C=O) groups is 1. The van der Waals surface area contributed by atoms with E-state index in [2.05, 4.69) is 10.3 Å². The van der Waals surface area contributed by atoms with Crippen molar-refractivity contribution in [3.63, 3.8) is 0 Å². The molecule has 2 aromatic heterocycles. The molecule has 1 atom stereocenters. The molecule has 0 aliphatic carbocycles. The van der Waals surface area contributed by atoms with Crippen LogP contribution in [0.3, 0.4) is 0 Å². The number of hydrogen-bond acceptors (Lipinski definition) is 5. The molecule has 10 heteroatoms. The number of nitrogens with zero attached hydrogens (tertiary/aromatic N) is 2. The Balaban J connectivity index is 1.37. The van der Waals surface area contributed by atoms with E-state index in [1.807, 2.05) is 43.3 Å². The van der Waals surface area contributed by atoms with E-state index in [0.29, 0.717) is 20.8 Å². The number of benzene rings is 3. The van der Waals surface area contributed by atoms with E-state index in [1.54, 1.807) is 46.9 Å². The summed E-state index contributed by atoms with van der Waals surface area (Å²) in [6.07, 6.45) is 0.545. The minimum absolute atomic E-state index is 0.126. The van der Waals surface area contributed by atoms with E-state index in [0.717, 1.165) is 22.2 Å². The molecule has 0 spiro atoms. The Bertz CT molecular complexity index is 1670. The second-order valence-electron chi connectivity index (χ2n) is 8.08. The molecule has 0 aliphatic heterocycles. The Morgan fingerprint density at radius 2 is 1.75 bits per heavy atom. The third-order valence-corrected chi connectivity index (χ3v) is 7.01. The van der Waals surface area contributed by atoms with Crippen LogP contribution in [0.5, 0.6) is 5.75 Å². The zero-order chi connectivity index (χ0) is 25.4. The number of imidazole rings is 1. The fourth-order valence-electron chi connectivity index (χ4n) is 3.63. The highest BCUT2D eigenvalue weighted by atomic mass is 35.6. The number of halogens is 3. The van der Waals surface area contributed by atoms with E-state index in [4.69, 9.17) is 39.5 Å². The average Bonchev–Trinajstić information content (AvgIpc) is 3.35. The highest BCUT2D eigenvalue weighted by molar-refractivity contribution is 7.15. The summed E-state index contributed by atoms with van der Waals surface area (Å²) in [5.41, 5.74) is 3.65. The Hall–Kier alpha value is -3.10. The van der Waals surface area contributed by atoms with Gasteiger partial charge in [0.05, 0.1) is 15.6 Å².